The molecule has 3 heterocycles. The summed E-state index contributed by atoms with van der Waals surface area (Å²) < 4.78 is 5.42. The van der Waals surface area contributed by atoms with Crippen molar-refractivity contribution < 1.29 is 9.53 Å². The second-order valence-electron chi connectivity index (χ2n) is 9.75. The van der Waals surface area contributed by atoms with Crippen LogP contribution >= 0.6 is 0 Å². The number of hydrogen-bond donors (Lipinski definition) is 0. The summed E-state index contributed by atoms with van der Waals surface area (Å²) in [6.45, 7) is 4.58. The summed E-state index contributed by atoms with van der Waals surface area (Å²) in [5, 5.41) is 0. The number of fused-ring (bicyclic) bond motifs is 1. The number of nitrogens with zero attached hydrogens (tertiary/aromatic N) is 5. The summed E-state index contributed by atoms with van der Waals surface area (Å²) in [5.41, 5.74) is 4.62. The smallest absolute Gasteiger partial charge is 0.257 e. The Morgan fingerprint density at radius 2 is 1.85 bits per heavy atom. The van der Waals surface area contributed by atoms with Crippen molar-refractivity contribution in [1.82, 2.24) is 19.8 Å². The van der Waals surface area contributed by atoms with Crippen LogP contribution in [-0.4, -0.2) is 78.2 Å². The Hall–Kier alpha value is -2.51. The Morgan fingerprint density at radius 1 is 1.09 bits per heavy atom. The lowest BCUT2D eigenvalue weighted by Crippen LogP contribution is -2.41. The number of amides is 1. The van der Waals surface area contributed by atoms with Gasteiger partial charge in [0, 0.05) is 65.3 Å². The van der Waals surface area contributed by atoms with Gasteiger partial charge in [0.1, 0.15) is 0 Å². The topological polar surface area (TPSA) is 61.8 Å². The number of carbonyl (C=O) groups excluding carboxylic acids is 1. The van der Waals surface area contributed by atoms with Gasteiger partial charge in [0.05, 0.1) is 11.7 Å². The minimum atomic E-state index is -0.0520. The summed E-state index contributed by atoms with van der Waals surface area (Å²) in [4.78, 5) is 28.4. The van der Waals surface area contributed by atoms with Gasteiger partial charge in [-0.25, -0.2) is 9.97 Å². The van der Waals surface area contributed by atoms with Gasteiger partial charge < -0.3 is 14.5 Å². The monoisotopic (exact) mass is 449 g/mol. The number of anilines is 1. The second-order valence-corrected chi connectivity index (χ2v) is 9.75. The molecule has 7 heteroatoms. The molecule has 7 nitrogen and oxygen atoms in total. The normalized spacial score (nSPS) is 21.4. The van der Waals surface area contributed by atoms with E-state index in [9.17, 15) is 4.79 Å². The van der Waals surface area contributed by atoms with E-state index in [1.807, 2.05) is 7.05 Å². The Bertz CT molecular complexity index is 975. The molecule has 33 heavy (non-hydrogen) atoms. The number of rotatable bonds is 6. The maximum Gasteiger partial charge on any atom is 0.257 e. The van der Waals surface area contributed by atoms with Gasteiger partial charge >= 0.3 is 0 Å². The van der Waals surface area contributed by atoms with E-state index in [0.29, 0.717) is 18.1 Å². The zero-order valence-corrected chi connectivity index (χ0v) is 19.9. The minimum Gasteiger partial charge on any atom is -0.380 e. The molecule has 2 fully saturated rings. The van der Waals surface area contributed by atoms with Crippen molar-refractivity contribution >= 4 is 11.9 Å². The predicted octanol–water partition coefficient (Wildman–Crippen LogP) is 2.93. The molecule has 5 rings (SSSR count). The molecule has 0 unspecified atom stereocenters. The molecule has 1 aliphatic carbocycles. The third-order valence-electron chi connectivity index (χ3n) is 7.61. The molecule has 1 amide bonds. The first-order valence-electron chi connectivity index (χ1n) is 12.3. The standard InChI is InChI=1S/C26H35N5O2/c1-29(25(32)22-15-27-26(28-16-22)31-13-10-24(18-31)33-2)17-19-6-7-20-8-11-30(23-4-3-5-23)12-9-21(20)14-19/h6-7,14-16,23-24H,3-5,8-13,17-18H2,1-2H3/t24-/m1/s1. The van der Waals surface area contributed by atoms with Crippen LogP contribution in [0.1, 0.15) is 52.7 Å². The third kappa shape index (κ3) is 4.89. The highest BCUT2D eigenvalue weighted by Gasteiger charge is 2.27. The van der Waals surface area contributed by atoms with Gasteiger partial charge in [0.25, 0.3) is 5.91 Å². The zero-order valence-electron chi connectivity index (χ0n) is 19.9. The average molecular weight is 450 g/mol. The SMILES string of the molecule is CO[C@@H]1CCN(c2ncc(C(=O)N(C)Cc3ccc4c(c3)CCN(C3CCC3)CC4)cn2)C1. The van der Waals surface area contributed by atoms with Crippen LogP contribution in [0.5, 0.6) is 0 Å². The van der Waals surface area contributed by atoms with Gasteiger partial charge in [-0.3, -0.25) is 9.69 Å². The average Bonchev–Trinajstić information content (AvgIpc) is 3.20. The minimum absolute atomic E-state index is 0.0520. The molecule has 0 spiro atoms. The lowest BCUT2D eigenvalue weighted by Gasteiger charge is -2.36. The van der Waals surface area contributed by atoms with Crippen molar-refractivity contribution in [2.24, 2.45) is 0 Å². The van der Waals surface area contributed by atoms with Gasteiger partial charge in [0.2, 0.25) is 5.95 Å². The molecule has 2 aliphatic heterocycles. The van der Waals surface area contributed by atoms with Crippen LogP contribution in [0.4, 0.5) is 5.95 Å². The molecule has 0 N–H and O–H groups in total. The summed E-state index contributed by atoms with van der Waals surface area (Å²) in [7, 11) is 3.59. The van der Waals surface area contributed by atoms with Gasteiger partial charge in [0.15, 0.2) is 0 Å². The van der Waals surface area contributed by atoms with Crippen LogP contribution in [-0.2, 0) is 24.1 Å². The quantitative estimate of drug-likeness (QED) is 0.676. The van der Waals surface area contributed by atoms with Gasteiger partial charge in [-0.15, -0.1) is 0 Å². The number of carbonyl (C=O) groups is 1. The Balaban J connectivity index is 1.19. The highest BCUT2D eigenvalue weighted by molar-refractivity contribution is 5.93. The number of ether oxygens (including phenoxy) is 1. The fourth-order valence-electron chi connectivity index (χ4n) is 5.27. The van der Waals surface area contributed by atoms with Gasteiger partial charge in [-0.2, -0.15) is 0 Å². The maximum absolute atomic E-state index is 13.0. The van der Waals surface area contributed by atoms with E-state index in [1.54, 1.807) is 24.4 Å². The van der Waals surface area contributed by atoms with E-state index in [2.05, 4.69) is 38.0 Å². The van der Waals surface area contributed by atoms with E-state index in [0.717, 1.165) is 44.9 Å². The van der Waals surface area contributed by atoms with Crippen LogP contribution in [0.15, 0.2) is 30.6 Å². The van der Waals surface area contributed by atoms with Crippen molar-refractivity contribution in [2.75, 3.05) is 45.2 Å². The fourth-order valence-corrected chi connectivity index (χ4v) is 5.27. The molecule has 1 aromatic carbocycles. The fraction of sp³-hybridized carbons (Fsp3) is 0.577. The van der Waals surface area contributed by atoms with Crippen LogP contribution in [0.2, 0.25) is 0 Å². The van der Waals surface area contributed by atoms with Gasteiger partial charge in [-0.1, -0.05) is 24.6 Å². The second kappa shape index (κ2) is 9.77. The largest absolute Gasteiger partial charge is 0.380 e. The van der Waals surface area contributed by atoms with E-state index in [-0.39, 0.29) is 12.0 Å². The molecule has 1 aromatic heterocycles. The molecule has 0 bridgehead atoms. The molecule has 2 aromatic rings. The number of hydrogen-bond acceptors (Lipinski definition) is 6. The summed E-state index contributed by atoms with van der Waals surface area (Å²) in [5.74, 6) is 0.610. The van der Waals surface area contributed by atoms with Crippen molar-refractivity contribution in [1.29, 1.82) is 0 Å². The number of aromatic nitrogens is 2. The van der Waals surface area contributed by atoms with E-state index in [4.69, 9.17) is 4.74 Å². The van der Waals surface area contributed by atoms with Crippen molar-refractivity contribution in [3.05, 3.63) is 52.8 Å². The lowest BCUT2D eigenvalue weighted by atomic mass is 9.91. The van der Waals surface area contributed by atoms with Crippen LogP contribution < -0.4 is 4.90 Å². The molecule has 1 saturated carbocycles. The molecule has 176 valence electrons. The van der Waals surface area contributed by atoms with Crippen LogP contribution in [0.25, 0.3) is 0 Å². The first kappa shape index (κ1) is 22.3. The van der Waals surface area contributed by atoms with Gasteiger partial charge in [-0.05, 0) is 48.8 Å². The Morgan fingerprint density at radius 3 is 2.52 bits per heavy atom. The zero-order chi connectivity index (χ0) is 22.8. The van der Waals surface area contributed by atoms with Crippen molar-refractivity contribution in [2.45, 2.75) is 57.2 Å². The van der Waals surface area contributed by atoms with Crippen LogP contribution in [0, 0.1) is 0 Å². The van der Waals surface area contributed by atoms with E-state index in [1.165, 1.54) is 42.5 Å². The molecule has 3 aliphatic rings. The Kier molecular flexibility index (Phi) is 6.60. The van der Waals surface area contributed by atoms with E-state index < -0.39 is 0 Å². The molecular weight excluding hydrogens is 414 g/mol. The highest BCUT2D eigenvalue weighted by atomic mass is 16.5. The first-order chi connectivity index (χ1) is 16.1. The number of benzene rings is 1. The van der Waals surface area contributed by atoms with Crippen LogP contribution in [0.3, 0.4) is 0 Å². The predicted molar refractivity (Wildman–Crippen MR) is 129 cm³/mol. The van der Waals surface area contributed by atoms with E-state index >= 15 is 0 Å². The third-order valence-corrected chi connectivity index (χ3v) is 7.61. The molecule has 1 atom stereocenters. The summed E-state index contributed by atoms with van der Waals surface area (Å²) in [6.07, 6.45) is 10.8. The van der Waals surface area contributed by atoms with Crippen molar-refractivity contribution in [3.8, 4) is 0 Å². The highest BCUT2D eigenvalue weighted by Crippen LogP contribution is 2.28. The maximum atomic E-state index is 13.0. The molecular formula is C26H35N5O2. The number of methoxy groups -OCH3 is 1. The molecule has 1 saturated heterocycles. The first-order valence-corrected chi connectivity index (χ1v) is 12.3. The Labute approximate surface area is 196 Å². The lowest BCUT2D eigenvalue weighted by molar-refractivity contribution is 0.0784. The summed E-state index contributed by atoms with van der Waals surface area (Å²) in [6, 6.07) is 7.57. The molecule has 0 radical (unpaired) electrons. The van der Waals surface area contributed by atoms with Crippen molar-refractivity contribution in [3.63, 3.8) is 0 Å². The summed E-state index contributed by atoms with van der Waals surface area (Å²) >= 11 is 0.